The third-order valence-corrected chi connectivity index (χ3v) is 9.39. The van der Waals surface area contributed by atoms with Crippen LogP contribution < -0.4 is 15.4 Å². The molecule has 0 radical (unpaired) electrons. The zero-order valence-corrected chi connectivity index (χ0v) is 27.2. The topological polar surface area (TPSA) is 98.4 Å². The summed E-state index contributed by atoms with van der Waals surface area (Å²) in [5.41, 5.74) is 5.82. The summed E-state index contributed by atoms with van der Waals surface area (Å²) in [6.45, 7) is 8.42. The highest BCUT2D eigenvalue weighted by molar-refractivity contribution is 5.89. The van der Waals surface area contributed by atoms with Crippen molar-refractivity contribution in [3.8, 4) is 11.4 Å². The van der Waals surface area contributed by atoms with Gasteiger partial charge in [0.1, 0.15) is 23.5 Å². The molecule has 3 heterocycles. The predicted molar refractivity (Wildman–Crippen MR) is 180 cm³/mol. The van der Waals surface area contributed by atoms with Gasteiger partial charge in [-0.1, -0.05) is 82.0 Å². The molecular weight excluding hydrogens is 574 g/mol. The van der Waals surface area contributed by atoms with Crippen LogP contribution in [0.5, 0.6) is 5.75 Å². The first-order valence-corrected chi connectivity index (χ1v) is 16.6. The lowest BCUT2D eigenvalue weighted by molar-refractivity contribution is 0.171. The van der Waals surface area contributed by atoms with Crippen LogP contribution in [0.25, 0.3) is 11.3 Å². The molecular formula is C37H43N7O2. The molecule has 2 unspecified atom stereocenters. The van der Waals surface area contributed by atoms with Gasteiger partial charge in [-0.2, -0.15) is 5.10 Å². The number of aromatic nitrogens is 5. The fourth-order valence-electron chi connectivity index (χ4n) is 6.82. The summed E-state index contributed by atoms with van der Waals surface area (Å²) < 4.78 is 10.6. The molecule has 3 aromatic heterocycles. The van der Waals surface area contributed by atoms with E-state index in [9.17, 15) is 4.79 Å². The molecule has 46 heavy (non-hydrogen) atoms. The number of aryl methyl sites for hydroxylation is 1. The summed E-state index contributed by atoms with van der Waals surface area (Å²) in [5.74, 6) is 2.92. The van der Waals surface area contributed by atoms with Gasteiger partial charge in [0.15, 0.2) is 5.65 Å². The summed E-state index contributed by atoms with van der Waals surface area (Å²) in [5, 5.41) is 20.2. The number of urea groups is 1. The second kappa shape index (κ2) is 12.3. The lowest BCUT2D eigenvalue weighted by Crippen LogP contribution is -2.36. The Balaban J connectivity index is 1.09. The van der Waals surface area contributed by atoms with Crippen LogP contribution in [-0.2, 0) is 5.41 Å². The Bertz CT molecular complexity index is 1840. The van der Waals surface area contributed by atoms with E-state index in [1.54, 1.807) is 0 Å². The molecule has 2 amide bonds. The molecule has 2 aliphatic rings. The van der Waals surface area contributed by atoms with Gasteiger partial charge in [0, 0.05) is 17.4 Å². The number of hydrogen-bond acceptors (Lipinski definition) is 5. The van der Waals surface area contributed by atoms with E-state index in [4.69, 9.17) is 9.84 Å². The molecule has 9 nitrogen and oxygen atoms in total. The highest BCUT2D eigenvalue weighted by Gasteiger charge is 2.30. The van der Waals surface area contributed by atoms with Crippen molar-refractivity contribution in [2.24, 2.45) is 0 Å². The van der Waals surface area contributed by atoms with Gasteiger partial charge in [0.25, 0.3) is 0 Å². The molecule has 2 aromatic carbocycles. The number of benzene rings is 2. The Hall–Kier alpha value is -4.66. The fraction of sp³-hybridized carbons (Fsp3) is 0.405. The molecule has 0 spiro atoms. The first-order chi connectivity index (χ1) is 22.2. The molecule has 0 saturated heterocycles. The minimum atomic E-state index is -0.263. The van der Waals surface area contributed by atoms with Crippen molar-refractivity contribution < 1.29 is 9.53 Å². The molecule has 1 saturated carbocycles. The maximum absolute atomic E-state index is 13.5. The average Bonchev–Trinajstić information content (AvgIpc) is 3.68. The number of fused-ring (bicyclic) bond motifs is 2. The number of pyridine rings is 1. The Morgan fingerprint density at radius 2 is 1.65 bits per heavy atom. The summed E-state index contributed by atoms with van der Waals surface area (Å²) in [6, 6.07) is 21.9. The van der Waals surface area contributed by atoms with Crippen LogP contribution in [0.3, 0.4) is 0 Å². The third-order valence-electron chi connectivity index (χ3n) is 9.39. The van der Waals surface area contributed by atoms with Gasteiger partial charge in [-0.25, -0.2) is 9.48 Å². The predicted octanol–water partition coefficient (Wildman–Crippen LogP) is 8.35. The summed E-state index contributed by atoms with van der Waals surface area (Å²) in [7, 11) is 0. The van der Waals surface area contributed by atoms with Gasteiger partial charge in [0.05, 0.1) is 23.6 Å². The molecule has 9 heteroatoms. The molecule has 2 aliphatic carbocycles. The van der Waals surface area contributed by atoms with Crippen LogP contribution >= 0.6 is 0 Å². The molecule has 2 atom stereocenters. The summed E-state index contributed by atoms with van der Waals surface area (Å²) in [6.07, 6.45) is 9.56. The van der Waals surface area contributed by atoms with E-state index in [2.05, 4.69) is 77.2 Å². The number of anilines is 1. The molecule has 1 fully saturated rings. The number of rotatable bonds is 6. The van der Waals surface area contributed by atoms with Gasteiger partial charge in [-0.3, -0.25) is 9.72 Å². The van der Waals surface area contributed by atoms with E-state index in [1.165, 1.54) is 24.8 Å². The second-order valence-electron chi connectivity index (χ2n) is 13.9. The van der Waals surface area contributed by atoms with Crippen molar-refractivity contribution in [3.05, 3.63) is 101 Å². The monoisotopic (exact) mass is 617 g/mol. The quantitative estimate of drug-likeness (QED) is 0.200. The lowest BCUT2D eigenvalue weighted by atomic mass is 9.85. The largest absolute Gasteiger partial charge is 0.484 e. The number of nitrogens with one attached hydrogen (secondary N) is 2. The van der Waals surface area contributed by atoms with Gasteiger partial charge in [0.2, 0.25) is 0 Å². The van der Waals surface area contributed by atoms with E-state index in [0.29, 0.717) is 11.7 Å². The van der Waals surface area contributed by atoms with Crippen molar-refractivity contribution in [1.29, 1.82) is 0 Å². The average molecular weight is 618 g/mol. The minimum Gasteiger partial charge on any atom is -0.484 e. The highest BCUT2D eigenvalue weighted by Crippen LogP contribution is 2.39. The zero-order valence-electron chi connectivity index (χ0n) is 27.2. The maximum Gasteiger partial charge on any atom is 0.320 e. The molecule has 7 rings (SSSR count). The minimum absolute atomic E-state index is 0.123. The number of ether oxygens (including phenoxy) is 1. The van der Waals surface area contributed by atoms with Crippen LogP contribution in [0, 0.1) is 6.92 Å². The van der Waals surface area contributed by atoms with Crippen molar-refractivity contribution in [1.82, 2.24) is 29.7 Å². The van der Waals surface area contributed by atoms with E-state index >= 15 is 0 Å². The second-order valence-corrected chi connectivity index (χ2v) is 13.9. The van der Waals surface area contributed by atoms with Gasteiger partial charge >= 0.3 is 6.03 Å². The van der Waals surface area contributed by atoms with E-state index in [1.807, 2.05) is 53.3 Å². The number of nitrogens with zero attached hydrogens (tertiary/aromatic N) is 5. The van der Waals surface area contributed by atoms with Gasteiger partial charge in [-0.15, -0.1) is 10.2 Å². The first-order valence-electron chi connectivity index (χ1n) is 16.6. The summed E-state index contributed by atoms with van der Waals surface area (Å²) >= 11 is 0. The standard InChI is InChI=1S/C37H43N7O2/c1-24-14-16-26(17-15-24)44-34(22-32(42-44)37(2,3)4)39-36(45)38-30-19-20-31(29-13-9-8-12-28(29)30)46-27-18-21-33-40-41-35(43(33)23-27)25-10-6-5-7-11-25/h8-9,12-18,21-23,25,30-31H,5-7,10-11,19-20H2,1-4H3,(H2,38,39,45). The van der Waals surface area contributed by atoms with Crippen LogP contribution in [0.2, 0.25) is 0 Å². The Labute approximate surface area is 270 Å². The number of carbonyl (C=O) groups excluding carboxylic acids is 1. The van der Waals surface area contributed by atoms with E-state index in [0.717, 1.165) is 65.4 Å². The van der Waals surface area contributed by atoms with E-state index in [-0.39, 0.29) is 23.6 Å². The highest BCUT2D eigenvalue weighted by atomic mass is 16.5. The van der Waals surface area contributed by atoms with Crippen molar-refractivity contribution in [2.75, 3.05) is 5.32 Å². The van der Waals surface area contributed by atoms with Crippen LogP contribution in [-0.4, -0.2) is 30.4 Å². The van der Waals surface area contributed by atoms with Crippen LogP contribution in [0.1, 0.15) is 112 Å². The third kappa shape index (κ3) is 6.10. The SMILES string of the molecule is Cc1ccc(-n2nc(C(C)(C)C)cc2NC(=O)NC2CCC(Oc3ccc4nnc(C5CCCCC5)n4c3)c3ccccc32)cc1. The number of hydrogen-bond donors (Lipinski definition) is 2. The Kier molecular flexibility index (Phi) is 8.01. The van der Waals surface area contributed by atoms with Crippen molar-refractivity contribution in [3.63, 3.8) is 0 Å². The van der Waals surface area contributed by atoms with Crippen molar-refractivity contribution in [2.45, 2.75) is 96.1 Å². The summed E-state index contributed by atoms with van der Waals surface area (Å²) in [4.78, 5) is 13.5. The number of amides is 2. The normalized spacial score (nSPS) is 18.7. The smallest absolute Gasteiger partial charge is 0.320 e. The van der Waals surface area contributed by atoms with E-state index < -0.39 is 0 Å². The van der Waals surface area contributed by atoms with Crippen LogP contribution in [0.15, 0.2) is 72.9 Å². The Morgan fingerprint density at radius 1 is 0.891 bits per heavy atom. The molecule has 0 bridgehead atoms. The maximum atomic E-state index is 13.5. The first kappa shape index (κ1) is 30.0. The molecule has 2 N–H and O–H groups in total. The fourth-order valence-corrected chi connectivity index (χ4v) is 6.82. The number of carbonyl (C=O) groups is 1. The van der Waals surface area contributed by atoms with Gasteiger partial charge in [-0.05, 0) is 68.0 Å². The molecule has 238 valence electrons. The molecule has 0 aliphatic heterocycles. The van der Waals surface area contributed by atoms with Crippen molar-refractivity contribution >= 4 is 17.5 Å². The van der Waals surface area contributed by atoms with Gasteiger partial charge < -0.3 is 10.1 Å². The zero-order chi connectivity index (χ0) is 31.8. The Morgan fingerprint density at radius 3 is 2.41 bits per heavy atom. The van der Waals surface area contributed by atoms with Crippen LogP contribution in [0.4, 0.5) is 10.6 Å². The molecule has 5 aromatic rings. The lowest BCUT2D eigenvalue weighted by Gasteiger charge is -2.32.